The molecule has 5 rings (SSSR count). The molecule has 0 atom stereocenters. The van der Waals surface area contributed by atoms with Crippen molar-refractivity contribution in [3.63, 3.8) is 0 Å². The van der Waals surface area contributed by atoms with Crippen LogP contribution in [0.1, 0.15) is 22.3 Å². The maximum Gasteiger partial charge on any atom is 0.182 e. The predicted octanol–water partition coefficient (Wildman–Crippen LogP) is 5.85. The van der Waals surface area contributed by atoms with Crippen LogP contribution in [0.2, 0.25) is 0 Å². The highest BCUT2D eigenvalue weighted by Crippen LogP contribution is 2.41. The number of hydrogen-bond acceptors (Lipinski definition) is 2. The van der Waals surface area contributed by atoms with Crippen LogP contribution in [-0.4, -0.2) is 5.71 Å². The minimum Gasteiger partial charge on any atom is -0.353 e. The molecule has 4 aromatic rings. The number of aliphatic imine (C=N–C) groups is 1. The second kappa shape index (κ2) is 6.82. The summed E-state index contributed by atoms with van der Waals surface area (Å²) in [4.78, 5) is 5.37. The Morgan fingerprint density at radius 3 is 1.64 bits per heavy atom. The Bertz CT molecular complexity index is 1080. The van der Waals surface area contributed by atoms with Crippen LogP contribution in [0, 0.1) is 0 Å². The maximum absolute atomic E-state index is 5.37. The van der Waals surface area contributed by atoms with E-state index in [1.165, 1.54) is 0 Å². The molecular formula is C26H20N2. The van der Waals surface area contributed by atoms with Gasteiger partial charge in [0.25, 0.3) is 0 Å². The third-order valence-electron chi connectivity index (χ3n) is 5.21. The number of rotatable bonds is 3. The second-order valence-corrected chi connectivity index (χ2v) is 6.94. The van der Waals surface area contributed by atoms with Crippen LogP contribution in [0.15, 0.2) is 120 Å². The quantitative estimate of drug-likeness (QED) is 0.487. The fourth-order valence-corrected chi connectivity index (χ4v) is 3.86. The summed E-state index contributed by atoms with van der Waals surface area (Å²) in [5.74, 6) is 0. The molecule has 0 unspecified atom stereocenters. The van der Waals surface area contributed by atoms with Crippen LogP contribution in [-0.2, 0) is 5.66 Å². The third kappa shape index (κ3) is 2.71. The topological polar surface area (TPSA) is 24.4 Å². The molecular weight excluding hydrogens is 340 g/mol. The number of anilines is 1. The largest absolute Gasteiger partial charge is 0.353 e. The van der Waals surface area contributed by atoms with Gasteiger partial charge in [0, 0.05) is 27.9 Å². The van der Waals surface area contributed by atoms with Gasteiger partial charge in [0.1, 0.15) is 0 Å². The van der Waals surface area contributed by atoms with Crippen LogP contribution < -0.4 is 5.32 Å². The van der Waals surface area contributed by atoms with Crippen molar-refractivity contribution in [2.24, 2.45) is 4.99 Å². The van der Waals surface area contributed by atoms with Crippen LogP contribution in [0.25, 0.3) is 0 Å². The molecule has 0 amide bonds. The normalized spacial score (nSPS) is 14.5. The van der Waals surface area contributed by atoms with Gasteiger partial charge in [-0.3, -0.25) is 0 Å². The molecule has 1 aliphatic rings. The average Bonchev–Trinajstić information content (AvgIpc) is 2.80. The molecule has 0 fully saturated rings. The first kappa shape index (κ1) is 16.5. The number of hydrogen-bond donors (Lipinski definition) is 1. The minimum absolute atomic E-state index is 0.679. The summed E-state index contributed by atoms with van der Waals surface area (Å²) >= 11 is 0. The van der Waals surface area contributed by atoms with E-state index in [4.69, 9.17) is 4.99 Å². The molecule has 0 spiro atoms. The molecule has 4 aromatic carbocycles. The van der Waals surface area contributed by atoms with Gasteiger partial charge >= 0.3 is 0 Å². The standard InChI is InChI=1S/C26H20N2/c1-4-12-20(13-5-1)25-23-18-10-11-19-24(23)27-26(28-25,21-14-6-2-7-15-21)22-16-8-3-9-17-22/h1-19,27H. The number of nitrogens with one attached hydrogen (secondary N) is 1. The van der Waals surface area contributed by atoms with E-state index in [1.54, 1.807) is 0 Å². The molecule has 1 N–H and O–H groups in total. The maximum atomic E-state index is 5.37. The Kier molecular flexibility index (Phi) is 4.02. The van der Waals surface area contributed by atoms with Gasteiger partial charge in [-0.15, -0.1) is 0 Å². The monoisotopic (exact) mass is 360 g/mol. The lowest BCUT2D eigenvalue weighted by atomic mass is 9.87. The summed E-state index contributed by atoms with van der Waals surface area (Å²) in [6, 6.07) is 39.7. The Labute approximate surface area is 165 Å². The number of benzene rings is 4. The van der Waals surface area contributed by atoms with Crippen molar-refractivity contribution in [2.45, 2.75) is 5.66 Å². The van der Waals surface area contributed by atoms with E-state index in [1.807, 2.05) is 18.2 Å². The molecule has 1 aliphatic heterocycles. The molecule has 2 heteroatoms. The Hall–Kier alpha value is -3.65. The molecule has 134 valence electrons. The molecule has 0 aromatic heterocycles. The Morgan fingerprint density at radius 1 is 0.536 bits per heavy atom. The van der Waals surface area contributed by atoms with Crippen molar-refractivity contribution in [1.29, 1.82) is 0 Å². The molecule has 2 nitrogen and oxygen atoms in total. The zero-order valence-corrected chi connectivity index (χ0v) is 15.4. The highest BCUT2D eigenvalue weighted by molar-refractivity contribution is 6.17. The van der Waals surface area contributed by atoms with Crippen LogP contribution in [0.3, 0.4) is 0 Å². The first-order valence-electron chi connectivity index (χ1n) is 9.51. The van der Waals surface area contributed by atoms with Crippen molar-refractivity contribution in [3.05, 3.63) is 138 Å². The van der Waals surface area contributed by atoms with Gasteiger partial charge in [0.15, 0.2) is 5.66 Å². The zero-order valence-electron chi connectivity index (χ0n) is 15.4. The van der Waals surface area contributed by atoms with E-state index in [0.717, 1.165) is 33.7 Å². The minimum atomic E-state index is -0.679. The van der Waals surface area contributed by atoms with Crippen LogP contribution >= 0.6 is 0 Å². The molecule has 0 saturated heterocycles. The van der Waals surface area contributed by atoms with Crippen molar-refractivity contribution in [3.8, 4) is 0 Å². The van der Waals surface area contributed by atoms with Crippen molar-refractivity contribution in [1.82, 2.24) is 0 Å². The van der Waals surface area contributed by atoms with Gasteiger partial charge in [0.2, 0.25) is 0 Å². The van der Waals surface area contributed by atoms with Gasteiger partial charge in [-0.05, 0) is 6.07 Å². The lowest BCUT2D eigenvalue weighted by Crippen LogP contribution is -2.39. The summed E-state index contributed by atoms with van der Waals surface area (Å²) < 4.78 is 0. The molecule has 0 bridgehead atoms. The first-order valence-corrected chi connectivity index (χ1v) is 9.51. The van der Waals surface area contributed by atoms with Gasteiger partial charge < -0.3 is 5.32 Å². The second-order valence-electron chi connectivity index (χ2n) is 6.94. The number of para-hydroxylation sites is 1. The molecule has 0 radical (unpaired) electrons. The summed E-state index contributed by atoms with van der Waals surface area (Å²) in [7, 11) is 0. The Morgan fingerprint density at radius 2 is 1.04 bits per heavy atom. The van der Waals surface area contributed by atoms with Gasteiger partial charge in [-0.25, -0.2) is 4.99 Å². The zero-order chi connectivity index (χ0) is 18.8. The summed E-state index contributed by atoms with van der Waals surface area (Å²) in [6.07, 6.45) is 0. The van der Waals surface area contributed by atoms with Gasteiger partial charge in [-0.1, -0.05) is 109 Å². The summed E-state index contributed by atoms with van der Waals surface area (Å²) in [6.45, 7) is 0. The smallest absolute Gasteiger partial charge is 0.182 e. The SMILES string of the molecule is c1ccc(C2=NC(c3ccccc3)(c3ccccc3)Nc3ccccc32)cc1. The third-order valence-corrected chi connectivity index (χ3v) is 5.21. The van der Waals surface area contributed by atoms with Crippen molar-refractivity contribution < 1.29 is 0 Å². The highest BCUT2D eigenvalue weighted by atomic mass is 15.2. The average molecular weight is 360 g/mol. The number of nitrogens with zero attached hydrogens (tertiary/aromatic N) is 1. The first-order chi connectivity index (χ1) is 13.9. The lowest BCUT2D eigenvalue weighted by Gasteiger charge is -2.38. The number of fused-ring (bicyclic) bond motifs is 1. The molecule has 1 heterocycles. The predicted molar refractivity (Wildman–Crippen MR) is 116 cm³/mol. The van der Waals surface area contributed by atoms with E-state index in [2.05, 4.69) is 102 Å². The van der Waals surface area contributed by atoms with Gasteiger partial charge in [0.05, 0.1) is 5.71 Å². The van der Waals surface area contributed by atoms with Gasteiger partial charge in [-0.2, -0.15) is 0 Å². The molecule has 0 aliphatic carbocycles. The lowest BCUT2D eigenvalue weighted by molar-refractivity contribution is 0.620. The van der Waals surface area contributed by atoms with E-state index in [9.17, 15) is 0 Å². The highest BCUT2D eigenvalue weighted by Gasteiger charge is 2.38. The van der Waals surface area contributed by atoms with E-state index in [0.29, 0.717) is 0 Å². The van der Waals surface area contributed by atoms with E-state index in [-0.39, 0.29) is 0 Å². The summed E-state index contributed by atoms with van der Waals surface area (Å²) in [5.41, 5.74) is 5.88. The van der Waals surface area contributed by atoms with Crippen LogP contribution in [0.5, 0.6) is 0 Å². The molecule has 28 heavy (non-hydrogen) atoms. The molecule has 0 saturated carbocycles. The fourth-order valence-electron chi connectivity index (χ4n) is 3.86. The van der Waals surface area contributed by atoms with Crippen LogP contribution in [0.4, 0.5) is 5.69 Å². The van der Waals surface area contributed by atoms with Crippen molar-refractivity contribution >= 4 is 11.4 Å². The van der Waals surface area contributed by atoms with E-state index >= 15 is 0 Å². The summed E-state index contributed by atoms with van der Waals surface area (Å²) in [5, 5.41) is 3.76. The van der Waals surface area contributed by atoms with E-state index < -0.39 is 5.66 Å². The van der Waals surface area contributed by atoms with Crippen molar-refractivity contribution in [2.75, 3.05) is 5.32 Å². The Balaban J connectivity index is 1.83. The fraction of sp³-hybridized carbons (Fsp3) is 0.0385.